The van der Waals surface area contributed by atoms with Gasteiger partial charge in [-0.25, -0.2) is 13.8 Å². The van der Waals surface area contributed by atoms with Crippen molar-refractivity contribution in [2.24, 2.45) is 0 Å². The Morgan fingerprint density at radius 3 is 1.63 bits per heavy atom. The summed E-state index contributed by atoms with van der Waals surface area (Å²) in [7, 11) is 9.63. The van der Waals surface area contributed by atoms with Gasteiger partial charge < -0.3 is 25.2 Å². The van der Waals surface area contributed by atoms with E-state index in [1.165, 1.54) is 38.0 Å². The van der Waals surface area contributed by atoms with Crippen LogP contribution in [-0.2, 0) is 14.0 Å². The van der Waals surface area contributed by atoms with Gasteiger partial charge in [0.25, 0.3) is 0 Å². The zero-order valence-corrected chi connectivity index (χ0v) is 16.3. The molecule has 13 heteroatoms. The highest BCUT2D eigenvalue weighted by atomic mass is 36.0. The van der Waals surface area contributed by atoms with Crippen molar-refractivity contribution in [2.75, 3.05) is 14.2 Å². The molecule has 0 saturated carbocycles. The molecular weight excluding hydrogens is 427 g/mol. The third-order valence-electron chi connectivity index (χ3n) is 2.12. The molecule has 0 fully saturated rings. The van der Waals surface area contributed by atoms with Gasteiger partial charge in [0.1, 0.15) is 11.5 Å². The van der Waals surface area contributed by atoms with Crippen LogP contribution in [0.2, 0.25) is 0 Å². The van der Waals surface area contributed by atoms with E-state index in [-0.39, 0.29) is 22.6 Å². The Hall–Kier alpha value is -2.47. The quantitative estimate of drug-likeness (QED) is 0.396. The maximum Gasteiger partial charge on any atom is 0.339 e. The number of carbonyl (C=O) groups excluding carboxylic acids is 1. The number of hydrogen-bond acceptors (Lipinski definition) is 9. The third kappa shape index (κ3) is 14.4. The Morgan fingerprint density at radius 2 is 1.33 bits per heavy atom. The van der Waals surface area contributed by atoms with Crippen molar-refractivity contribution in [2.45, 2.75) is 0 Å². The van der Waals surface area contributed by atoms with E-state index in [1.54, 1.807) is 0 Å². The molecule has 2 rings (SSSR count). The lowest BCUT2D eigenvalue weighted by atomic mass is 10.3. The molecule has 0 saturated heterocycles. The number of rotatable bonds is 2. The molecule has 2 heterocycles. The predicted octanol–water partition coefficient (Wildman–Crippen LogP) is 1.71. The van der Waals surface area contributed by atoms with Gasteiger partial charge in [-0.15, -0.1) is 0 Å². The first-order valence-corrected chi connectivity index (χ1v) is 9.26. The fourth-order valence-electron chi connectivity index (χ4n) is 1.20. The fourth-order valence-corrected chi connectivity index (χ4v) is 1.20. The second kappa shape index (κ2) is 15.8. The molecule has 10 nitrogen and oxygen atoms in total. The van der Waals surface area contributed by atoms with E-state index in [0.717, 1.165) is 13.2 Å². The van der Waals surface area contributed by atoms with E-state index in [9.17, 15) is 9.59 Å². The number of esters is 1. The lowest BCUT2D eigenvalue weighted by Gasteiger charge is -1.97. The second-order valence-corrected chi connectivity index (χ2v) is 6.37. The number of carboxylic acid groups (broad SMARTS) is 1. The van der Waals surface area contributed by atoms with Crippen molar-refractivity contribution >= 4 is 42.5 Å². The molecule has 0 unspecified atom stereocenters. The highest BCUT2D eigenvalue weighted by Gasteiger charge is 2.05. The molecule has 27 heavy (non-hydrogen) atoms. The largest absolute Gasteiger partial charge is 0.506 e. The Labute approximate surface area is 165 Å². The van der Waals surface area contributed by atoms with Crippen molar-refractivity contribution in [3.05, 3.63) is 48.0 Å². The molecule has 2 aromatic heterocycles. The monoisotopic (exact) mass is 442 g/mol. The summed E-state index contributed by atoms with van der Waals surface area (Å²) in [6.45, 7) is 0. The molecule has 0 atom stereocenters. The fraction of sp³-hybridized carbons (Fsp3) is 0.143. The van der Waals surface area contributed by atoms with Crippen LogP contribution in [0.5, 0.6) is 11.5 Å². The van der Waals surface area contributed by atoms with E-state index >= 15 is 0 Å². The van der Waals surface area contributed by atoms with Crippen molar-refractivity contribution in [1.82, 2.24) is 9.97 Å². The van der Waals surface area contributed by atoms with Crippen LogP contribution in [0.15, 0.2) is 36.9 Å². The van der Waals surface area contributed by atoms with Crippen LogP contribution in [0.1, 0.15) is 20.7 Å². The molecule has 2 aromatic rings. The van der Waals surface area contributed by atoms with Crippen molar-refractivity contribution in [3.63, 3.8) is 0 Å². The van der Waals surface area contributed by atoms with Gasteiger partial charge in [0, 0.05) is 40.9 Å². The molecule has 0 aliphatic rings. The maximum atomic E-state index is 10.8. The van der Waals surface area contributed by atoms with Crippen LogP contribution < -0.4 is 0 Å². The number of ether oxygens (including phenoxy) is 1. The van der Waals surface area contributed by atoms with Crippen molar-refractivity contribution < 1.29 is 39.0 Å². The van der Waals surface area contributed by atoms with Gasteiger partial charge in [-0.1, -0.05) is 0 Å². The summed E-state index contributed by atoms with van der Waals surface area (Å²) in [5.74, 6) is -1.79. The average molecular weight is 443 g/mol. The Balaban J connectivity index is 0. The van der Waals surface area contributed by atoms with E-state index in [1.807, 2.05) is 0 Å². The van der Waals surface area contributed by atoms with Gasteiger partial charge in [0.05, 0.1) is 30.6 Å². The molecule has 0 radical (unpaired) electrons. The molecule has 0 aliphatic carbocycles. The highest BCUT2D eigenvalue weighted by molar-refractivity contribution is 8.26. The summed E-state index contributed by atoms with van der Waals surface area (Å²) < 4.78 is 13.5. The van der Waals surface area contributed by atoms with Crippen LogP contribution in [0.4, 0.5) is 0 Å². The number of methoxy groups -OCH3 is 1. The molecule has 0 aliphatic heterocycles. The topological polar surface area (TPSA) is 167 Å². The summed E-state index contributed by atoms with van der Waals surface area (Å²) >= 11 is 0. The normalized spacial score (nSPS) is 8.67. The number of carbonyl (C=O) groups is 2. The lowest BCUT2D eigenvalue weighted by molar-refractivity contribution is 0.0599. The molecule has 4 N–H and O–H groups in total. The van der Waals surface area contributed by atoms with Crippen LogP contribution >= 0.6 is 21.4 Å². The van der Waals surface area contributed by atoms with Gasteiger partial charge in [-0.05, 0) is 12.1 Å². The molecule has 0 amide bonds. The van der Waals surface area contributed by atoms with Crippen molar-refractivity contribution in [1.29, 1.82) is 0 Å². The average Bonchev–Trinajstić information content (AvgIpc) is 2.63. The molecule has 0 spiro atoms. The predicted molar refractivity (Wildman–Crippen MR) is 98.1 cm³/mol. The molecule has 0 bridgehead atoms. The first-order valence-electron chi connectivity index (χ1n) is 6.46. The number of pyridine rings is 2. The van der Waals surface area contributed by atoms with Gasteiger partial charge >= 0.3 is 11.9 Å². The Morgan fingerprint density at radius 1 is 0.963 bits per heavy atom. The minimum atomic E-state index is -1.67. The van der Waals surface area contributed by atoms with Crippen LogP contribution in [0, 0.1) is 0 Å². The number of halogens is 2. The summed E-state index contributed by atoms with van der Waals surface area (Å²) in [5, 5.41) is 33.0. The third-order valence-corrected chi connectivity index (χ3v) is 2.12. The smallest absolute Gasteiger partial charge is 0.339 e. The SMILES string of the molecule is CO.COC(=O)c1cncc(O)c1.O=C(O)c1cncc(O)c1.O=S(Cl)Cl. The second-order valence-electron chi connectivity index (χ2n) is 3.84. The summed E-state index contributed by atoms with van der Waals surface area (Å²) in [6.07, 6.45) is 4.91. The van der Waals surface area contributed by atoms with E-state index in [0.29, 0.717) is 0 Å². The van der Waals surface area contributed by atoms with Crippen molar-refractivity contribution in [3.8, 4) is 11.5 Å². The molecule has 150 valence electrons. The number of aromatic carboxylic acids is 1. The number of aromatic nitrogens is 2. The molecule has 0 aromatic carbocycles. The number of aliphatic hydroxyl groups is 1. The minimum Gasteiger partial charge on any atom is -0.506 e. The van der Waals surface area contributed by atoms with Gasteiger partial charge in [-0.2, -0.15) is 0 Å². The summed E-state index contributed by atoms with van der Waals surface area (Å²) in [6, 6.07) is 2.42. The van der Waals surface area contributed by atoms with Gasteiger partial charge in [0.15, 0.2) is 0 Å². The van der Waals surface area contributed by atoms with Gasteiger partial charge in [0.2, 0.25) is 9.23 Å². The minimum absolute atomic E-state index is 0.0139. The van der Waals surface area contributed by atoms with Gasteiger partial charge in [-0.3, -0.25) is 9.97 Å². The standard InChI is InChI=1S/C7H7NO3.C6H5NO3.CH4O.Cl2OS/c1-11-7(10)5-2-6(9)4-8-3-5;8-5-1-4(6(9)10)2-7-3-5;1-2;1-4(2)3/h2-4,9H,1H3;1-3,8H,(H,9,10);2H,1H3;. The summed E-state index contributed by atoms with van der Waals surface area (Å²) in [5.41, 5.74) is 0.229. The summed E-state index contributed by atoms with van der Waals surface area (Å²) in [4.78, 5) is 28.1. The van der Waals surface area contributed by atoms with Crippen LogP contribution in [0.3, 0.4) is 0 Å². The number of aromatic hydroxyl groups is 2. The Kier molecular flexibility index (Phi) is 15.6. The zero-order chi connectivity index (χ0) is 21.4. The maximum absolute atomic E-state index is 10.8. The Bertz CT molecular complexity index is 745. The number of aliphatic hydroxyl groups excluding tert-OH is 1. The number of hydrogen-bond donors (Lipinski definition) is 4. The van der Waals surface area contributed by atoms with Crippen LogP contribution in [-0.4, -0.2) is 60.8 Å². The first-order chi connectivity index (χ1) is 12.7. The highest BCUT2D eigenvalue weighted by Crippen LogP contribution is 2.09. The van der Waals surface area contributed by atoms with E-state index in [4.69, 9.17) is 24.6 Å². The zero-order valence-electron chi connectivity index (χ0n) is 13.9. The number of carboxylic acids is 1. The number of nitrogens with zero attached hydrogens (tertiary/aromatic N) is 2. The van der Waals surface area contributed by atoms with E-state index < -0.39 is 21.2 Å². The molecular formula is C14H16Cl2N2O8S. The first kappa shape index (κ1) is 26.8. The van der Waals surface area contributed by atoms with E-state index in [2.05, 4.69) is 36.1 Å². The van der Waals surface area contributed by atoms with Crippen LogP contribution in [0.25, 0.3) is 0 Å². The lowest BCUT2D eigenvalue weighted by Crippen LogP contribution is -2.00.